The Hall–Kier alpha value is -0.960. The minimum atomic E-state index is 0.371. The van der Waals surface area contributed by atoms with Gasteiger partial charge in [0.1, 0.15) is 0 Å². The van der Waals surface area contributed by atoms with E-state index in [-0.39, 0.29) is 0 Å². The van der Waals surface area contributed by atoms with Crippen LogP contribution in [-0.2, 0) is 0 Å². The van der Waals surface area contributed by atoms with Gasteiger partial charge in [-0.05, 0) is 55.8 Å². The summed E-state index contributed by atoms with van der Waals surface area (Å²) in [5.74, 6) is 1.01. The zero-order valence-corrected chi connectivity index (χ0v) is 14.4. The maximum atomic E-state index is 5.94. The van der Waals surface area contributed by atoms with E-state index >= 15 is 0 Å². The standard InChI is InChI=1S/C18H22ClNS/c1-4-20-18(17-11-13(2)5-6-14(17)3)12-21-16-9-7-15(19)8-10-16/h5-11,18,20H,4,12H2,1-3H3. The average Bonchev–Trinajstić information content (AvgIpc) is 2.48. The number of hydrogen-bond acceptors (Lipinski definition) is 2. The smallest absolute Gasteiger partial charge is 0.0418 e. The molecule has 21 heavy (non-hydrogen) atoms. The normalized spacial score (nSPS) is 12.4. The molecule has 0 aromatic heterocycles. The van der Waals surface area contributed by atoms with Crippen LogP contribution in [0.3, 0.4) is 0 Å². The highest BCUT2D eigenvalue weighted by atomic mass is 35.5. The van der Waals surface area contributed by atoms with Gasteiger partial charge in [0.15, 0.2) is 0 Å². The summed E-state index contributed by atoms with van der Waals surface area (Å²) in [4.78, 5) is 1.26. The van der Waals surface area contributed by atoms with Crippen LogP contribution in [0.25, 0.3) is 0 Å². The Balaban J connectivity index is 2.11. The van der Waals surface area contributed by atoms with Crippen LogP contribution in [0.1, 0.15) is 29.7 Å². The fourth-order valence-corrected chi connectivity index (χ4v) is 3.46. The molecule has 2 aromatic rings. The molecule has 2 rings (SSSR count). The van der Waals surface area contributed by atoms with Gasteiger partial charge in [-0.1, -0.05) is 42.3 Å². The molecule has 1 nitrogen and oxygen atoms in total. The second-order valence-corrected chi connectivity index (χ2v) is 6.77. The number of rotatable bonds is 6. The van der Waals surface area contributed by atoms with Crippen LogP contribution in [0.15, 0.2) is 47.4 Å². The Morgan fingerprint density at radius 3 is 2.48 bits per heavy atom. The first-order valence-electron chi connectivity index (χ1n) is 7.29. The summed E-state index contributed by atoms with van der Waals surface area (Å²) < 4.78 is 0. The quantitative estimate of drug-likeness (QED) is 0.715. The topological polar surface area (TPSA) is 12.0 Å². The summed E-state index contributed by atoms with van der Waals surface area (Å²) in [7, 11) is 0. The number of hydrogen-bond donors (Lipinski definition) is 1. The first-order valence-corrected chi connectivity index (χ1v) is 8.65. The van der Waals surface area contributed by atoms with E-state index < -0.39 is 0 Å². The average molecular weight is 320 g/mol. The van der Waals surface area contributed by atoms with E-state index in [9.17, 15) is 0 Å². The molecular weight excluding hydrogens is 298 g/mol. The van der Waals surface area contributed by atoms with Crippen molar-refractivity contribution in [2.45, 2.75) is 31.7 Å². The Morgan fingerprint density at radius 2 is 1.81 bits per heavy atom. The third-order valence-corrected chi connectivity index (χ3v) is 4.85. The van der Waals surface area contributed by atoms with Crippen molar-refractivity contribution in [2.75, 3.05) is 12.3 Å². The first-order chi connectivity index (χ1) is 10.1. The lowest BCUT2D eigenvalue weighted by Crippen LogP contribution is -2.23. The highest BCUT2D eigenvalue weighted by Gasteiger charge is 2.13. The number of benzene rings is 2. The third-order valence-electron chi connectivity index (χ3n) is 3.49. The predicted octanol–water partition coefficient (Wildman–Crippen LogP) is 5.40. The van der Waals surface area contributed by atoms with E-state index in [1.54, 1.807) is 0 Å². The van der Waals surface area contributed by atoms with Gasteiger partial charge in [0, 0.05) is 21.7 Å². The molecule has 0 fully saturated rings. The van der Waals surface area contributed by atoms with Crippen LogP contribution < -0.4 is 5.32 Å². The van der Waals surface area contributed by atoms with Crippen molar-refractivity contribution in [3.63, 3.8) is 0 Å². The fourth-order valence-electron chi connectivity index (χ4n) is 2.35. The molecule has 0 aliphatic carbocycles. The van der Waals surface area contributed by atoms with Crippen LogP contribution >= 0.6 is 23.4 Å². The molecule has 0 amide bonds. The maximum absolute atomic E-state index is 5.94. The van der Waals surface area contributed by atoms with Gasteiger partial charge in [-0.2, -0.15) is 0 Å². The predicted molar refractivity (Wildman–Crippen MR) is 94.5 cm³/mol. The molecule has 0 spiro atoms. The maximum Gasteiger partial charge on any atom is 0.0418 e. The van der Waals surface area contributed by atoms with E-state index in [0.29, 0.717) is 6.04 Å². The molecule has 0 radical (unpaired) electrons. The van der Waals surface area contributed by atoms with Crippen molar-refractivity contribution < 1.29 is 0 Å². The molecular formula is C18H22ClNS. The zero-order chi connectivity index (χ0) is 15.2. The molecule has 0 saturated carbocycles. The molecule has 3 heteroatoms. The van der Waals surface area contributed by atoms with Crippen LogP contribution in [0.5, 0.6) is 0 Å². The summed E-state index contributed by atoms with van der Waals surface area (Å²) in [5, 5.41) is 4.39. The molecule has 1 N–H and O–H groups in total. The molecule has 0 aliphatic heterocycles. The van der Waals surface area contributed by atoms with Crippen molar-refractivity contribution >= 4 is 23.4 Å². The van der Waals surface area contributed by atoms with E-state index in [1.807, 2.05) is 23.9 Å². The van der Waals surface area contributed by atoms with Gasteiger partial charge in [-0.25, -0.2) is 0 Å². The van der Waals surface area contributed by atoms with Gasteiger partial charge < -0.3 is 5.32 Å². The lowest BCUT2D eigenvalue weighted by atomic mass is 10.00. The lowest BCUT2D eigenvalue weighted by Gasteiger charge is -2.20. The van der Waals surface area contributed by atoms with Gasteiger partial charge >= 0.3 is 0 Å². The van der Waals surface area contributed by atoms with Crippen LogP contribution in [0.2, 0.25) is 5.02 Å². The van der Waals surface area contributed by atoms with Crippen molar-refractivity contribution in [1.82, 2.24) is 5.32 Å². The summed E-state index contributed by atoms with van der Waals surface area (Å²) >= 11 is 7.80. The van der Waals surface area contributed by atoms with E-state index in [2.05, 4.69) is 56.4 Å². The summed E-state index contributed by atoms with van der Waals surface area (Å²) in [6.07, 6.45) is 0. The van der Waals surface area contributed by atoms with E-state index in [4.69, 9.17) is 11.6 Å². The molecule has 1 atom stereocenters. The van der Waals surface area contributed by atoms with Gasteiger partial charge in [0.25, 0.3) is 0 Å². The van der Waals surface area contributed by atoms with Gasteiger partial charge in [0.05, 0.1) is 0 Å². The van der Waals surface area contributed by atoms with Gasteiger partial charge in [-0.3, -0.25) is 0 Å². The summed E-state index contributed by atoms with van der Waals surface area (Å²) in [6, 6.07) is 15.1. The molecule has 0 saturated heterocycles. The monoisotopic (exact) mass is 319 g/mol. The zero-order valence-electron chi connectivity index (χ0n) is 12.8. The van der Waals surface area contributed by atoms with Crippen LogP contribution in [-0.4, -0.2) is 12.3 Å². The molecule has 112 valence electrons. The second kappa shape index (κ2) is 7.88. The van der Waals surface area contributed by atoms with Crippen molar-refractivity contribution in [3.05, 3.63) is 64.2 Å². The number of halogens is 1. The molecule has 0 heterocycles. The first kappa shape index (κ1) is 16.4. The molecule has 0 aliphatic rings. The number of nitrogens with one attached hydrogen (secondary N) is 1. The Morgan fingerprint density at radius 1 is 1.10 bits per heavy atom. The Labute approximate surface area is 137 Å². The van der Waals surface area contributed by atoms with Crippen molar-refractivity contribution in [1.29, 1.82) is 0 Å². The minimum Gasteiger partial charge on any atom is -0.309 e. The van der Waals surface area contributed by atoms with Gasteiger partial charge in [-0.15, -0.1) is 11.8 Å². The highest BCUT2D eigenvalue weighted by molar-refractivity contribution is 7.99. The number of thioether (sulfide) groups is 1. The highest BCUT2D eigenvalue weighted by Crippen LogP contribution is 2.28. The Bertz CT molecular complexity index is 580. The van der Waals surface area contributed by atoms with Crippen LogP contribution in [0, 0.1) is 13.8 Å². The third kappa shape index (κ3) is 4.77. The summed E-state index contributed by atoms with van der Waals surface area (Å²) in [6.45, 7) is 7.47. The van der Waals surface area contributed by atoms with E-state index in [0.717, 1.165) is 17.3 Å². The molecule has 1 unspecified atom stereocenters. The Kier molecular flexibility index (Phi) is 6.16. The van der Waals surface area contributed by atoms with Gasteiger partial charge in [0.2, 0.25) is 0 Å². The van der Waals surface area contributed by atoms with Crippen molar-refractivity contribution in [2.24, 2.45) is 0 Å². The van der Waals surface area contributed by atoms with Crippen LogP contribution in [0.4, 0.5) is 0 Å². The van der Waals surface area contributed by atoms with Crippen molar-refractivity contribution in [3.8, 4) is 0 Å². The fraction of sp³-hybridized carbons (Fsp3) is 0.333. The number of aryl methyl sites for hydroxylation is 2. The second-order valence-electron chi connectivity index (χ2n) is 5.24. The molecule has 0 bridgehead atoms. The summed E-state index contributed by atoms with van der Waals surface area (Å²) in [5.41, 5.74) is 4.07. The largest absolute Gasteiger partial charge is 0.309 e. The molecule has 2 aromatic carbocycles. The van der Waals surface area contributed by atoms with E-state index in [1.165, 1.54) is 21.6 Å². The SMILES string of the molecule is CCNC(CSc1ccc(Cl)cc1)c1cc(C)ccc1C. The lowest BCUT2D eigenvalue weighted by molar-refractivity contribution is 0.603. The minimum absolute atomic E-state index is 0.371.